The van der Waals surface area contributed by atoms with Gasteiger partial charge >= 0.3 is 5.97 Å². The number of aryl methyl sites for hydroxylation is 1. The Morgan fingerprint density at radius 3 is 2.60 bits per heavy atom. The van der Waals surface area contributed by atoms with E-state index in [-0.39, 0.29) is 5.69 Å². The molecule has 0 atom stereocenters. The Hall–Kier alpha value is -1.85. The summed E-state index contributed by atoms with van der Waals surface area (Å²) in [6.45, 7) is 0.755. The molecular formula is C14H16ClN3O2. The zero-order valence-corrected chi connectivity index (χ0v) is 12.3. The van der Waals surface area contributed by atoms with Gasteiger partial charge in [-0.2, -0.15) is 5.10 Å². The normalized spacial score (nSPS) is 11.1. The Kier molecular flexibility index (Phi) is 4.11. The van der Waals surface area contributed by atoms with Crippen LogP contribution in [0.3, 0.4) is 0 Å². The average molecular weight is 294 g/mol. The summed E-state index contributed by atoms with van der Waals surface area (Å²) in [6.07, 6.45) is 0. The van der Waals surface area contributed by atoms with Gasteiger partial charge in [0.1, 0.15) is 0 Å². The van der Waals surface area contributed by atoms with Gasteiger partial charge in [0.25, 0.3) is 0 Å². The molecule has 2 rings (SSSR count). The first-order chi connectivity index (χ1) is 9.38. The lowest BCUT2D eigenvalue weighted by molar-refractivity contribution is 0.0689. The number of rotatable bonds is 4. The molecule has 0 bridgehead atoms. The first-order valence-corrected chi connectivity index (χ1v) is 6.47. The van der Waals surface area contributed by atoms with Crippen LogP contribution in [-0.4, -0.2) is 39.9 Å². The highest BCUT2D eigenvalue weighted by Crippen LogP contribution is 2.26. The molecule has 1 heterocycles. The van der Waals surface area contributed by atoms with Gasteiger partial charge in [0.05, 0.1) is 5.69 Å². The summed E-state index contributed by atoms with van der Waals surface area (Å²) in [6, 6.07) is 7.25. The van der Waals surface area contributed by atoms with E-state index < -0.39 is 5.97 Å². The highest BCUT2D eigenvalue weighted by molar-refractivity contribution is 6.31. The summed E-state index contributed by atoms with van der Waals surface area (Å²) in [7, 11) is 5.67. The van der Waals surface area contributed by atoms with E-state index in [0.717, 1.165) is 23.4 Å². The highest BCUT2D eigenvalue weighted by atomic mass is 35.5. The molecule has 1 aromatic carbocycles. The molecule has 0 unspecified atom stereocenters. The summed E-state index contributed by atoms with van der Waals surface area (Å²) in [4.78, 5) is 13.0. The van der Waals surface area contributed by atoms with E-state index in [1.807, 2.05) is 37.2 Å². The van der Waals surface area contributed by atoms with Crippen LogP contribution in [0.4, 0.5) is 0 Å². The molecule has 0 radical (unpaired) electrons. The highest BCUT2D eigenvalue weighted by Gasteiger charge is 2.13. The van der Waals surface area contributed by atoms with Gasteiger partial charge in [0, 0.05) is 24.2 Å². The molecule has 0 aliphatic carbocycles. The van der Waals surface area contributed by atoms with Crippen LogP contribution >= 0.6 is 11.6 Å². The Morgan fingerprint density at radius 2 is 2.10 bits per heavy atom. The topological polar surface area (TPSA) is 58.4 Å². The largest absolute Gasteiger partial charge is 0.476 e. The summed E-state index contributed by atoms with van der Waals surface area (Å²) in [5, 5.41) is 13.6. The van der Waals surface area contributed by atoms with E-state index >= 15 is 0 Å². The van der Waals surface area contributed by atoms with E-state index in [4.69, 9.17) is 16.7 Å². The summed E-state index contributed by atoms with van der Waals surface area (Å²) < 4.78 is 1.54. The van der Waals surface area contributed by atoms with E-state index in [0.29, 0.717) is 5.02 Å². The van der Waals surface area contributed by atoms with E-state index in [1.165, 1.54) is 0 Å². The summed E-state index contributed by atoms with van der Waals surface area (Å²) in [5.41, 5.74) is 2.62. The van der Waals surface area contributed by atoms with Crippen LogP contribution in [-0.2, 0) is 13.6 Å². The summed E-state index contributed by atoms with van der Waals surface area (Å²) >= 11 is 6.27. The van der Waals surface area contributed by atoms with E-state index in [1.54, 1.807) is 17.8 Å². The number of aromatic nitrogens is 2. The molecule has 2 aromatic rings. The zero-order chi connectivity index (χ0) is 14.9. The minimum Gasteiger partial charge on any atom is -0.476 e. The lowest BCUT2D eigenvalue weighted by Gasteiger charge is -2.12. The Morgan fingerprint density at radius 1 is 1.40 bits per heavy atom. The fraction of sp³-hybridized carbons (Fsp3) is 0.286. The third kappa shape index (κ3) is 3.00. The SMILES string of the molecule is CN(C)Cc1ccc(-c2cc(C(=O)O)nn2C)cc1Cl. The van der Waals surface area contributed by atoms with Crippen LogP contribution in [0.15, 0.2) is 24.3 Å². The Labute approximate surface area is 122 Å². The third-order valence-corrected chi connectivity index (χ3v) is 3.29. The number of carbonyl (C=O) groups is 1. The number of hydrogen-bond acceptors (Lipinski definition) is 3. The molecule has 106 valence electrons. The minimum absolute atomic E-state index is 0.0241. The van der Waals surface area contributed by atoms with Crippen molar-refractivity contribution in [1.29, 1.82) is 0 Å². The van der Waals surface area contributed by atoms with Crippen molar-refractivity contribution in [2.45, 2.75) is 6.54 Å². The van der Waals surface area contributed by atoms with Gasteiger partial charge in [0.2, 0.25) is 0 Å². The van der Waals surface area contributed by atoms with Crippen molar-refractivity contribution in [3.8, 4) is 11.3 Å². The van der Waals surface area contributed by atoms with E-state index in [2.05, 4.69) is 5.10 Å². The molecule has 0 spiro atoms. The monoisotopic (exact) mass is 293 g/mol. The predicted molar refractivity (Wildman–Crippen MR) is 78.0 cm³/mol. The van der Waals surface area contributed by atoms with Gasteiger partial charge in [-0.25, -0.2) is 4.79 Å². The van der Waals surface area contributed by atoms with Crippen molar-refractivity contribution >= 4 is 17.6 Å². The maximum Gasteiger partial charge on any atom is 0.356 e. The predicted octanol–water partition coefficient (Wildman–Crippen LogP) is 2.50. The Balaban J connectivity index is 2.39. The fourth-order valence-corrected chi connectivity index (χ4v) is 2.26. The first-order valence-electron chi connectivity index (χ1n) is 6.09. The number of carboxylic acid groups (broad SMARTS) is 1. The van der Waals surface area contributed by atoms with Gasteiger partial charge < -0.3 is 10.0 Å². The van der Waals surface area contributed by atoms with Crippen LogP contribution in [0.25, 0.3) is 11.3 Å². The third-order valence-electron chi connectivity index (χ3n) is 2.93. The van der Waals surface area contributed by atoms with Crippen LogP contribution in [0.5, 0.6) is 0 Å². The molecule has 0 amide bonds. The second-order valence-corrected chi connectivity index (χ2v) is 5.29. The molecule has 6 heteroatoms. The molecular weight excluding hydrogens is 278 g/mol. The van der Waals surface area contributed by atoms with Gasteiger partial charge in [-0.15, -0.1) is 0 Å². The lowest BCUT2D eigenvalue weighted by atomic mass is 10.1. The van der Waals surface area contributed by atoms with Gasteiger partial charge in [0.15, 0.2) is 5.69 Å². The molecule has 0 saturated carbocycles. The van der Waals surface area contributed by atoms with Crippen LogP contribution in [0.2, 0.25) is 5.02 Å². The number of benzene rings is 1. The molecule has 1 N–H and O–H groups in total. The summed E-state index contributed by atoms with van der Waals surface area (Å²) in [5.74, 6) is -1.04. The number of aromatic carboxylic acids is 1. The van der Waals surface area contributed by atoms with Crippen LogP contribution < -0.4 is 0 Å². The van der Waals surface area contributed by atoms with Crippen LogP contribution in [0.1, 0.15) is 16.1 Å². The average Bonchev–Trinajstić information content (AvgIpc) is 2.74. The van der Waals surface area contributed by atoms with Crippen molar-refractivity contribution in [3.05, 3.63) is 40.5 Å². The van der Waals surface area contributed by atoms with Crippen molar-refractivity contribution in [1.82, 2.24) is 14.7 Å². The van der Waals surface area contributed by atoms with Gasteiger partial charge in [-0.1, -0.05) is 23.7 Å². The fourth-order valence-electron chi connectivity index (χ4n) is 2.02. The van der Waals surface area contributed by atoms with Gasteiger partial charge in [-0.3, -0.25) is 4.68 Å². The molecule has 0 aliphatic heterocycles. The molecule has 20 heavy (non-hydrogen) atoms. The van der Waals surface area contributed by atoms with E-state index in [9.17, 15) is 4.79 Å². The first kappa shape index (κ1) is 14.6. The molecule has 5 nitrogen and oxygen atoms in total. The number of halogens is 1. The zero-order valence-electron chi connectivity index (χ0n) is 11.6. The number of hydrogen-bond donors (Lipinski definition) is 1. The molecule has 0 aliphatic rings. The second-order valence-electron chi connectivity index (χ2n) is 4.89. The smallest absolute Gasteiger partial charge is 0.356 e. The molecule has 0 fully saturated rings. The quantitative estimate of drug-likeness (QED) is 0.941. The number of nitrogens with zero attached hydrogens (tertiary/aromatic N) is 3. The minimum atomic E-state index is -1.04. The van der Waals surface area contributed by atoms with Crippen molar-refractivity contribution in [2.75, 3.05) is 14.1 Å². The maximum absolute atomic E-state index is 10.9. The standard InChI is InChI=1S/C14H16ClN3O2/c1-17(2)8-10-5-4-9(6-11(10)15)13-7-12(14(19)20)16-18(13)3/h4-7H,8H2,1-3H3,(H,19,20). The van der Waals surface area contributed by atoms with Crippen molar-refractivity contribution < 1.29 is 9.90 Å². The second kappa shape index (κ2) is 5.64. The maximum atomic E-state index is 10.9. The number of carboxylic acids is 1. The van der Waals surface area contributed by atoms with Crippen LogP contribution in [0, 0.1) is 0 Å². The Bertz CT molecular complexity index is 650. The van der Waals surface area contributed by atoms with Crippen molar-refractivity contribution in [2.24, 2.45) is 7.05 Å². The molecule has 1 aromatic heterocycles. The van der Waals surface area contributed by atoms with Crippen molar-refractivity contribution in [3.63, 3.8) is 0 Å². The van der Waals surface area contributed by atoms with Gasteiger partial charge in [-0.05, 0) is 31.8 Å². The molecule has 0 saturated heterocycles. The lowest BCUT2D eigenvalue weighted by Crippen LogP contribution is -2.10.